The second-order valence-corrected chi connectivity index (χ2v) is 4.65. The molecular formula is C12H23NO4. The van der Waals surface area contributed by atoms with Crippen LogP contribution >= 0.6 is 0 Å². The molecule has 0 saturated carbocycles. The Hall–Kier alpha value is -0.650. The minimum absolute atomic E-state index is 0.294. The van der Waals surface area contributed by atoms with Crippen LogP contribution in [0, 0.1) is 5.92 Å². The van der Waals surface area contributed by atoms with Gasteiger partial charge in [-0.1, -0.05) is 13.8 Å². The molecule has 1 fully saturated rings. The first-order valence-corrected chi connectivity index (χ1v) is 6.13. The van der Waals surface area contributed by atoms with E-state index in [1.807, 2.05) is 0 Å². The Kier molecular flexibility index (Phi) is 6.47. The average Bonchev–Trinajstić information content (AvgIpc) is 2.34. The van der Waals surface area contributed by atoms with E-state index in [-0.39, 0.29) is 5.97 Å². The monoisotopic (exact) mass is 245 g/mol. The van der Waals surface area contributed by atoms with Gasteiger partial charge in [0.05, 0.1) is 20.3 Å². The molecule has 0 spiro atoms. The molecule has 17 heavy (non-hydrogen) atoms. The lowest BCUT2D eigenvalue weighted by Gasteiger charge is -2.31. The standard InChI is InChI=1S/C12H23NO4/c1-10(2)9-16-6-4-13-5-7-17-11(8-13)12(14)15-3/h10-11H,4-9H2,1-3H3. The fourth-order valence-electron chi connectivity index (χ4n) is 1.69. The highest BCUT2D eigenvalue weighted by molar-refractivity contribution is 5.74. The molecule has 0 aromatic heterocycles. The van der Waals surface area contributed by atoms with Crippen molar-refractivity contribution in [1.29, 1.82) is 0 Å². The third-order valence-corrected chi connectivity index (χ3v) is 2.62. The zero-order valence-electron chi connectivity index (χ0n) is 11.0. The molecule has 0 aromatic rings. The third kappa shape index (κ3) is 5.48. The SMILES string of the molecule is COC(=O)C1CN(CCOCC(C)C)CCO1. The van der Waals surface area contributed by atoms with Gasteiger partial charge < -0.3 is 14.2 Å². The van der Waals surface area contributed by atoms with Gasteiger partial charge >= 0.3 is 5.97 Å². The zero-order chi connectivity index (χ0) is 12.7. The van der Waals surface area contributed by atoms with Crippen LogP contribution in [-0.4, -0.2) is 63.5 Å². The lowest BCUT2D eigenvalue weighted by Crippen LogP contribution is -2.47. The number of nitrogens with zero attached hydrogens (tertiary/aromatic N) is 1. The van der Waals surface area contributed by atoms with Gasteiger partial charge in [0.1, 0.15) is 0 Å². The molecule has 1 rings (SSSR count). The number of rotatable bonds is 6. The number of carbonyl (C=O) groups excluding carboxylic acids is 1. The maximum atomic E-state index is 11.3. The van der Waals surface area contributed by atoms with Gasteiger partial charge in [-0.3, -0.25) is 4.90 Å². The maximum Gasteiger partial charge on any atom is 0.336 e. The quantitative estimate of drug-likeness (QED) is 0.505. The summed E-state index contributed by atoms with van der Waals surface area (Å²) in [5, 5.41) is 0. The van der Waals surface area contributed by atoms with E-state index in [0.717, 1.165) is 19.7 Å². The van der Waals surface area contributed by atoms with E-state index in [4.69, 9.17) is 9.47 Å². The van der Waals surface area contributed by atoms with Crippen LogP contribution in [0.15, 0.2) is 0 Å². The Balaban J connectivity index is 2.18. The maximum absolute atomic E-state index is 11.3. The smallest absolute Gasteiger partial charge is 0.336 e. The molecule has 0 aromatic carbocycles. The van der Waals surface area contributed by atoms with Crippen molar-refractivity contribution in [3.8, 4) is 0 Å². The summed E-state index contributed by atoms with van der Waals surface area (Å²) >= 11 is 0. The first-order valence-electron chi connectivity index (χ1n) is 6.13. The number of esters is 1. The summed E-state index contributed by atoms with van der Waals surface area (Å²) in [6.45, 7) is 8.59. The fourth-order valence-corrected chi connectivity index (χ4v) is 1.69. The van der Waals surface area contributed by atoms with Gasteiger partial charge in [0.15, 0.2) is 6.10 Å². The summed E-state index contributed by atoms with van der Waals surface area (Å²) in [5.74, 6) is 0.264. The number of morpholine rings is 1. The van der Waals surface area contributed by atoms with Crippen LogP contribution in [0.25, 0.3) is 0 Å². The minimum atomic E-state index is -0.446. The van der Waals surface area contributed by atoms with Gasteiger partial charge in [-0.25, -0.2) is 4.79 Å². The van der Waals surface area contributed by atoms with Crippen LogP contribution in [0.4, 0.5) is 0 Å². The molecule has 0 radical (unpaired) electrons. The molecular weight excluding hydrogens is 222 g/mol. The molecule has 5 nitrogen and oxygen atoms in total. The number of carbonyl (C=O) groups is 1. The van der Waals surface area contributed by atoms with Crippen molar-refractivity contribution in [3.05, 3.63) is 0 Å². The lowest BCUT2D eigenvalue weighted by molar-refractivity contribution is -0.160. The van der Waals surface area contributed by atoms with E-state index in [1.54, 1.807) is 0 Å². The van der Waals surface area contributed by atoms with Crippen LogP contribution < -0.4 is 0 Å². The van der Waals surface area contributed by atoms with Crippen molar-refractivity contribution in [3.63, 3.8) is 0 Å². The van der Waals surface area contributed by atoms with E-state index >= 15 is 0 Å². The van der Waals surface area contributed by atoms with Crippen LogP contribution in [0.3, 0.4) is 0 Å². The number of methoxy groups -OCH3 is 1. The van der Waals surface area contributed by atoms with Gasteiger partial charge in [0.2, 0.25) is 0 Å². The summed E-state index contributed by atoms with van der Waals surface area (Å²) < 4.78 is 15.5. The Morgan fingerprint density at radius 1 is 1.53 bits per heavy atom. The van der Waals surface area contributed by atoms with Crippen molar-refractivity contribution in [1.82, 2.24) is 4.90 Å². The highest BCUT2D eigenvalue weighted by Crippen LogP contribution is 2.06. The van der Waals surface area contributed by atoms with E-state index in [2.05, 4.69) is 23.5 Å². The Labute approximate surface area is 103 Å². The molecule has 1 saturated heterocycles. The summed E-state index contributed by atoms with van der Waals surface area (Å²) in [4.78, 5) is 13.5. The number of hydrogen-bond donors (Lipinski definition) is 0. The van der Waals surface area contributed by atoms with Gasteiger partial charge in [0, 0.05) is 26.2 Å². The first-order chi connectivity index (χ1) is 8.13. The molecule has 100 valence electrons. The van der Waals surface area contributed by atoms with Gasteiger partial charge in [-0.2, -0.15) is 0 Å². The first kappa shape index (κ1) is 14.4. The van der Waals surface area contributed by atoms with Crippen LogP contribution in [0.5, 0.6) is 0 Å². The summed E-state index contributed by atoms with van der Waals surface area (Å²) in [7, 11) is 1.39. The molecule has 1 aliphatic heterocycles. The van der Waals surface area contributed by atoms with Crippen molar-refractivity contribution in [2.75, 3.05) is 46.6 Å². The normalized spacial score (nSPS) is 21.8. The zero-order valence-corrected chi connectivity index (χ0v) is 11.0. The predicted octanol–water partition coefficient (Wildman–Crippen LogP) is 0.533. The Morgan fingerprint density at radius 2 is 2.29 bits per heavy atom. The van der Waals surface area contributed by atoms with Crippen molar-refractivity contribution >= 4 is 5.97 Å². The molecule has 0 N–H and O–H groups in total. The molecule has 0 aliphatic carbocycles. The minimum Gasteiger partial charge on any atom is -0.467 e. The predicted molar refractivity (Wildman–Crippen MR) is 63.9 cm³/mol. The van der Waals surface area contributed by atoms with E-state index in [0.29, 0.717) is 25.7 Å². The van der Waals surface area contributed by atoms with Gasteiger partial charge in [-0.05, 0) is 5.92 Å². The lowest BCUT2D eigenvalue weighted by atomic mass is 10.2. The largest absolute Gasteiger partial charge is 0.467 e. The fraction of sp³-hybridized carbons (Fsp3) is 0.917. The molecule has 0 bridgehead atoms. The van der Waals surface area contributed by atoms with Crippen molar-refractivity contribution in [2.24, 2.45) is 5.92 Å². The summed E-state index contributed by atoms with van der Waals surface area (Å²) in [6.07, 6.45) is -0.446. The molecule has 5 heteroatoms. The summed E-state index contributed by atoms with van der Waals surface area (Å²) in [5.41, 5.74) is 0. The average molecular weight is 245 g/mol. The highest BCUT2D eigenvalue weighted by Gasteiger charge is 2.26. The molecule has 1 unspecified atom stereocenters. The van der Waals surface area contributed by atoms with Crippen LogP contribution in [0.1, 0.15) is 13.8 Å². The Morgan fingerprint density at radius 3 is 2.94 bits per heavy atom. The molecule has 1 aliphatic rings. The van der Waals surface area contributed by atoms with E-state index in [9.17, 15) is 4.79 Å². The van der Waals surface area contributed by atoms with Crippen molar-refractivity contribution in [2.45, 2.75) is 20.0 Å². The van der Waals surface area contributed by atoms with Crippen LogP contribution in [-0.2, 0) is 19.0 Å². The van der Waals surface area contributed by atoms with Crippen LogP contribution in [0.2, 0.25) is 0 Å². The second kappa shape index (κ2) is 7.63. The van der Waals surface area contributed by atoms with E-state index < -0.39 is 6.10 Å². The topological polar surface area (TPSA) is 48.0 Å². The second-order valence-electron chi connectivity index (χ2n) is 4.65. The van der Waals surface area contributed by atoms with Gasteiger partial charge in [0.25, 0.3) is 0 Å². The molecule has 0 amide bonds. The van der Waals surface area contributed by atoms with Crippen molar-refractivity contribution < 1.29 is 19.0 Å². The molecule has 1 heterocycles. The van der Waals surface area contributed by atoms with Gasteiger partial charge in [-0.15, -0.1) is 0 Å². The third-order valence-electron chi connectivity index (χ3n) is 2.62. The number of ether oxygens (including phenoxy) is 3. The summed E-state index contributed by atoms with van der Waals surface area (Å²) in [6, 6.07) is 0. The number of hydrogen-bond acceptors (Lipinski definition) is 5. The highest BCUT2D eigenvalue weighted by atomic mass is 16.6. The Bertz CT molecular complexity index is 233. The van der Waals surface area contributed by atoms with E-state index in [1.165, 1.54) is 7.11 Å². The molecule has 1 atom stereocenters.